The van der Waals surface area contributed by atoms with Crippen LogP contribution < -0.4 is 4.74 Å². The minimum atomic E-state index is 0.0474. The number of hydrogen-bond donors (Lipinski definition) is 0. The van der Waals surface area contributed by atoms with Gasteiger partial charge in [-0.1, -0.05) is 6.07 Å². The Labute approximate surface area is 111 Å². The molecule has 4 nitrogen and oxygen atoms in total. The summed E-state index contributed by atoms with van der Waals surface area (Å²) < 4.78 is 7.02. The summed E-state index contributed by atoms with van der Waals surface area (Å²) in [7, 11) is 1.54. The van der Waals surface area contributed by atoms with E-state index in [0.29, 0.717) is 23.4 Å². The first kappa shape index (κ1) is 12.9. The number of ketones is 1. The SMILES string of the molecule is COc1ccc(Cn2ccc(C(C)=O)c2)cc1C#N. The third-order valence-corrected chi connectivity index (χ3v) is 2.91. The number of hydrogen-bond acceptors (Lipinski definition) is 3. The van der Waals surface area contributed by atoms with E-state index >= 15 is 0 Å². The van der Waals surface area contributed by atoms with Gasteiger partial charge in [0, 0.05) is 24.5 Å². The molecule has 1 aromatic heterocycles. The summed E-state index contributed by atoms with van der Waals surface area (Å²) in [5.41, 5.74) is 2.19. The number of methoxy groups -OCH3 is 1. The Kier molecular flexibility index (Phi) is 3.67. The van der Waals surface area contributed by atoms with Gasteiger partial charge in [-0.15, -0.1) is 0 Å². The Morgan fingerprint density at radius 1 is 1.42 bits per heavy atom. The molecule has 0 atom stereocenters. The lowest BCUT2D eigenvalue weighted by atomic mass is 10.1. The molecule has 96 valence electrons. The van der Waals surface area contributed by atoms with Crippen molar-refractivity contribution in [2.24, 2.45) is 0 Å². The summed E-state index contributed by atoms with van der Waals surface area (Å²) >= 11 is 0. The average Bonchev–Trinajstić information content (AvgIpc) is 2.87. The fourth-order valence-electron chi connectivity index (χ4n) is 1.90. The van der Waals surface area contributed by atoms with E-state index in [1.807, 2.05) is 16.8 Å². The van der Waals surface area contributed by atoms with E-state index in [1.165, 1.54) is 0 Å². The predicted octanol–water partition coefficient (Wildman–Crippen LogP) is 2.62. The molecule has 0 aliphatic rings. The van der Waals surface area contributed by atoms with Crippen LogP contribution in [-0.4, -0.2) is 17.5 Å². The number of benzene rings is 1. The lowest BCUT2D eigenvalue weighted by molar-refractivity contribution is 0.101. The molecule has 1 aromatic carbocycles. The van der Waals surface area contributed by atoms with Gasteiger partial charge in [-0.05, 0) is 30.7 Å². The molecule has 0 saturated heterocycles. The first-order chi connectivity index (χ1) is 9.13. The van der Waals surface area contributed by atoms with E-state index in [0.717, 1.165) is 5.56 Å². The summed E-state index contributed by atoms with van der Waals surface area (Å²) in [5.74, 6) is 0.620. The van der Waals surface area contributed by atoms with Crippen molar-refractivity contribution in [3.63, 3.8) is 0 Å². The van der Waals surface area contributed by atoms with Crippen LogP contribution in [0.4, 0.5) is 0 Å². The van der Waals surface area contributed by atoms with E-state index in [-0.39, 0.29) is 5.78 Å². The minimum absolute atomic E-state index is 0.0474. The smallest absolute Gasteiger partial charge is 0.161 e. The van der Waals surface area contributed by atoms with Crippen LogP contribution in [0.25, 0.3) is 0 Å². The van der Waals surface area contributed by atoms with E-state index in [1.54, 1.807) is 38.4 Å². The van der Waals surface area contributed by atoms with Crippen LogP contribution in [0.15, 0.2) is 36.7 Å². The minimum Gasteiger partial charge on any atom is -0.495 e. The highest BCUT2D eigenvalue weighted by Crippen LogP contribution is 2.19. The van der Waals surface area contributed by atoms with Crippen LogP contribution in [-0.2, 0) is 6.54 Å². The molecule has 2 rings (SSSR count). The van der Waals surface area contributed by atoms with E-state index in [2.05, 4.69) is 6.07 Å². The van der Waals surface area contributed by atoms with E-state index in [9.17, 15) is 4.79 Å². The molecule has 0 N–H and O–H groups in total. The molecule has 0 aliphatic carbocycles. The van der Waals surface area contributed by atoms with Gasteiger partial charge in [0.1, 0.15) is 11.8 Å². The number of ether oxygens (including phenoxy) is 1. The van der Waals surface area contributed by atoms with Crippen molar-refractivity contribution in [1.82, 2.24) is 4.57 Å². The van der Waals surface area contributed by atoms with Crippen molar-refractivity contribution in [2.75, 3.05) is 7.11 Å². The molecule has 0 spiro atoms. The molecule has 19 heavy (non-hydrogen) atoms. The number of rotatable bonds is 4. The maximum atomic E-state index is 11.2. The summed E-state index contributed by atoms with van der Waals surface area (Å²) in [4.78, 5) is 11.2. The normalized spacial score (nSPS) is 9.95. The fourth-order valence-corrected chi connectivity index (χ4v) is 1.90. The Bertz CT molecular complexity index is 650. The number of nitrogens with zero attached hydrogens (tertiary/aromatic N) is 2. The van der Waals surface area contributed by atoms with Gasteiger partial charge in [0.2, 0.25) is 0 Å². The molecule has 4 heteroatoms. The first-order valence-electron chi connectivity index (χ1n) is 5.87. The molecular weight excluding hydrogens is 240 g/mol. The van der Waals surface area contributed by atoms with Gasteiger partial charge >= 0.3 is 0 Å². The zero-order valence-electron chi connectivity index (χ0n) is 10.9. The predicted molar refractivity (Wildman–Crippen MR) is 71.2 cm³/mol. The highest BCUT2D eigenvalue weighted by Gasteiger charge is 2.05. The van der Waals surface area contributed by atoms with Gasteiger partial charge in [0.05, 0.1) is 12.7 Å². The molecule has 1 heterocycles. The zero-order valence-corrected chi connectivity index (χ0v) is 10.9. The molecular formula is C15H14N2O2. The third kappa shape index (κ3) is 2.83. The zero-order chi connectivity index (χ0) is 13.8. The molecule has 0 amide bonds. The van der Waals surface area contributed by atoms with Crippen LogP contribution >= 0.6 is 0 Å². The molecule has 0 aliphatic heterocycles. The summed E-state index contributed by atoms with van der Waals surface area (Å²) in [6.07, 6.45) is 3.66. The Balaban J connectivity index is 2.23. The van der Waals surface area contributed by atoms with Crippen LogP contribution in [0.5, 0.6) is 5.75 Å². The van der Waals surface area contributed by atoms with Crippen LogP contribution in [0.3, 0.4) is 0 Å². The molecule has 0 fully saturated rings. The van der Waals surface area contributed by atoms with Crippen molar-refractivity contribution in [1.29, 1.82) is 5.26 Å². The molecule has 0 radical (unpaired) electrons. The number of carbonyl (C=O) groups is 1. The summed E-state index contributed by atoms with van der Waals surface area (Å²) in [6.45, 7) is 2.16. The standard InChI is InChI=1S/C15H14N2O2/c1-11(18)13-5-6-17(10-13)9-12-3-4-15(19-2)14(7-12)8-16/h3-7,10H,9H2,1-2H3. The Morgan fingerprint density at radius 2 is 2.21 bits per heavy atom. The number of nitriles is 1. The molecule has 0 unspecified atom stereocenters. The maximum Gasteiger partial charge on any atom is 0.161 e. The lowest BCUT2D eigenvalue weighted by Crippen LogP contribution is -1.98. The van der Waals surface area contributed by atoms with Crippen molar-refractivity contribution in [3.8, 4) is 11.8 Å². The van der Waals surface area contributed by atoms with Gasteiger partial charge in [-0.3, -0.25) is 4.79 Å². The highest BCUT2D eigenvalue weighted by atomic mass is 16.5. The van der Waals surface area contributed by atoms with Gasteiger partial charge in [0.15, 0.2) is 5.78 Å². The monoisotopic (exact) mass is 254 g/mol. The topological polar surface area (TPSA) is 55.0 Å². The molecule has 0 bridgehead atoms. The Morgan fingerprint density at radius 3 is 2.79 bits per heavy atom. The molecule has 2 aromatic rings. The van der Waals surface area contributed by atoms with Crippen LogP contribution in [0, 0.1) is 11.3 Å². The maximum absolute atomic E-state index is 11.2. The van der Waals surface area contributed by atoms with Crippen molar-refractivity contribution < 1.29 is 9.53 Å². The van der Waals surface area contributed by atoms with Gasteiger partial charge in [-0.2, -0.15) is 5.26 Å². The van der Waals surface area contributed by atoms with Crippen LogP contribution in [0.1, 0.15) is 28.4 Å². The van der Waals surface area contributed by atoms with E-state index in [4.69, 9.17) is 10.00 Å². The fraction of sp³-hybridized carbons (Fsp3) is 0.200. The van der Waals surface area contributed by atoms with Gasteiger partial charge < -0.3 is 9.30 Å². The summed E-state index contributed by atoms with van der Waals surface area (Å²) in [6, 6.07) is 9.39. The number of carbonyl (C=O) groups excluding carboxylic acids is 1. The summed E-state index contributed by atoms with van der Waals surface area (Å²) in [5, 5.41) is 9.04. The van der Waals surface area contributed by atoms with Gasteiger partial charge in [-0.25, -0.2) is 0 Å². The Hall–Kier alpha value is -2.54. The van der Waals surface area contributed by atoms with Gasteiger partial charge in [0.25, 0.3) is 0 Å². The van der Waals surface area contributed by atoms with Crippen LogP contribution in [0.2, 0.25) is 0 Å². The number of Topliss-reactive ketones (excluding diaryl/α,β-unsaturated/α-hetero) is 1. The quantitative estimate of drug-likeness (QED) is 0.788. The second-order valence-electron chi connectivity index (χ2n) is 4.28. The van der Waals surface area contributed by atoms with Crippen molar-refractivity contribution >= 4 is 5.78 Å². The first-order valence-corrected chi connectivity index (χ1v) is 5.87. The van der Waals surface area contributed by atoms with Crippen molar-refractivity contribution in [2.45, 2.75) is 13.5 Å². The highest BCUT2D eigenvalue weighted by molar-refractivity contribution is 5.93. The van der Waals surface area contributed by atoms with Crippen molar-refractivity contribution in [3.05, 3.63) is 53.3 Å². The largest absolute Gasteiger partial charge is 0.495 e. The third-order valence-electron chi connectivity index (χ3n) is 2.91. The average molecular weight is 254 g/mol. The molecule has 0 saturated carbocycles. The second kappa shape index (κ2) is 5.40. The number of aromatic nitrogens is 1. The second-order valence-corrected chi connectivity index (χ2v) is 4.28. The van der Waals surface area contributed by atoms with E-state index < -0.39 is 0 Å². The lowest BCUT2D eigenvalue weighted by Gasteiger charge is -2.07.